The van der Waals surface area contributed by atoms with Gasteiger partial charge in [0.05, 0.1) is 30.9 Å². The summed E-state index contributed by atoms with van der Waals surface area (Å²) in [6.07, 6.45) is 0.529. The fourth-order valence-corrected chi connectivity index (χ4v) is 5.96. The first-order valence-electron chi connectivity index (χ1n) is 11.7. The summed E-state index contributed by atoms with van der Waals surface area (Å²) in [6.45, 7) is 3.92. The topological polar surface area (TPSA) is 102 Å². The summed E-state index contributed by atoms with van der Waals surface area (Å²) < 4.78 is 11.1. The van der Waals surface area contributed by atoms with E-state index in [0.29, 0.717) is 29.1 Å². The largest absolute Gasteiger partial charge is 0.466 e. The standard InChI is InChI=1S/C28H25BrN2O6/c1-27(2)13-19-21(20(32)14-27)22(24(33)36-3)23(25(34)37-4)28(31(19)16-11-9-15(29)10-12-16)17-7-5-6-8-18(17)30-26(28)35/h5-12H,13-14H2,1-4H3,(H,30,35). The molecule has 0 fully saturated rings. The van der Waals surface area contributed by atoms with Gasteiger partial charge in [-0.2, -0.15) is 0 Å². The maximum atomic E-state index is 14.2. The lowest BCUT2D eigenvalue weighted by atomic mass is 9.67. The monoisotopic (exact) mass is 564 g/mol. The van der Waals surface area contributed by atoms with E-state index in [0.717, 1.165) is 4.47 Å². The van der Waals surface area contributed by atoms with Gasteiger partial charge in [0.1, 0.15) is 0 Å². The summed E-state index contributed by atoms with van der Waals surface area (Å²) in [4.78, 5) is 56.6. The van der Waals surface area contributed by atoms with Gasteiger partial charge in [-0.05, 0) is 42.2 Å². The third kappa shape index (κ3) is 3.55. The van der Waals surface area contributed by atoms with Gasteiger partial charge in [-0.15, -0.1) is 0 Å². The van der Waals surface area contributed by atoms with Crippen LogP contribution in [0.4, 0.5) is 11.4 Å². The van der Waals surface area contributed by atoms with Crippen molar-refractivity contribution in [2.24, 2.45) is 5.41 Å². The Balaban J connectivity index is 2.01. The van der Waals surface area contributed by atoms with Crippen LogP contribution in [0.25, 0.3) is 0 Å². The molecule has 1 unspecified atom stereocenters. The van der Waals surface area contributed by atoms with Crippen molar-refractivity contribution >= 4 is 50.9 Å². The van der Waals surface area contributed by atoms with Gasteiger partial charge in [-0.25, -0.2) is 9.59 Å². The van der Waals surface area contributed by atoms with Crippen LogP contribution in [0.1, 0.15) is 32.3 Å². The van der Waals surface area contributed by atoms with Gasteiger partial charge in [0.25, 0.3) is 5.91 Å². The average molecular weight is 565 g/mol. The molecule has 0 aromatic heterocycles. The number of esters is 2. The molecular formula is C28H25BrN2O6. The van der Waals surface area contributed by atoms with Gasteiger partial charge >= 0.3 is 11.9 Å². The first-order valence-corrected chi connectivity index (χ1v) is 12.5. The molecule has 3 aliphatic rings. The SMILES string of the molecule is COC(=O)C1=C(C(=O)OC)C2(C(=O)Nc3ccccc32)N(c2ccc(Br)cc2)C2=C1C(=O)CC(C)(C)C2. The lowest BCUT2D eigenvalue weighted by Crippen LogP contribution is -2.58. The van der Waals surface area contributed by atoms with Crippen molar-refractivity contribution in [2.45, 2.75) is 32.2 Å². The molecule has 190 valence electrons. The molecule has 1 atom stereocenters. The van der Waals surface area contributed by atoms with Crippen molar-refractivity contribution in [3.05, 3.63) is 81.0 Å². The molecule has 1 spiro atoms. The van der Waals surface area contributed by atoms with Gasteiger partial charge < -0.3 is 19.7 Å². The first-order chi connectivity index (χ1) is 17.6. The summed E-state index contributed by atoms with van der Waals surface area (Å²) in [5.41, 5.74) is -0.697. The fraction of sp³-hybridized carbons (Fsp3) is 0.286. The number of carbonyl (C=O) groups excluding carboxylic acids is 4. The van der Waals surface area contributed by atoms with Gasteiger partial charge in [0.15, 0.2) is 11.3 Å². The Bertz CT molecular complexity index is 1440. The molecule has 5 rings (SSSR count). The van der Waals surface area contributed by atoms with E-state index in [2.05, 4.69) is 21.2 Å². The number of fused-ring (bicyclic) bond motifs is 2. The van der Waals surface area contributed by atoms with Crippen LogP contribution in [0.15, 0.2) is 75.4 Å². The van der Waals surface area contributed by atoms with Crippen molar-refractivity contribution in [1.29, 1.82) is 0 Å². The van der Waals surface area contributed by atoms with E-state index in [1.807, 2.05) is 26.0 Å². The highest BCUT2D eigenvalue weighted by atomic mass is 79.9. The summed E-state index contributed by atoms with van der Waals surface area (Å²) in [6, 6.07) is 14.2. The third-order valence-electron chi connectivity index (χ3n) is 7.08. The Morgan fingerprint density at radius 2 is 1.59 bits per heavy atom. The van der Waals surface area contributed by atoms with E-state index in [4.69, 9.17) is 9.47 Å². The second-order valence-electron chi connectivity index (χ2n) is 10.0. The Kier molecular flexibility index (Phi) is 5.86. The molecule has 0 radical (unpaired) electrons. The van der Waals surface area contributed by atoms with Crippen LogP contribution >= 0.6 is 15.9 Å². The molecule has 8 nitrogen and oxygen atoms in total. The molecule has 2 aromatic rings. The minimum absolute atomic E-state index is 0.0808. The Morgan fingerprint density at radius 3 is 2.24 bits per heavy atom. The molecule has 1 N–H and O–H groups in total. The summed E-state index contributed by atoms with van der Waals surface area (Å²) >= 11 is 3.45. The van der Waals surface area contributed by atoms with Crippen molar-refractivity contribution in [3.63, 3.8) is 0 Å². The Hall–Kier alpha value is -3.72. The molecular weight excluding hydrogens is 540 g/mol. The van der Waals surface area contributed by atoms with Crippen LogP contribution in [-0.2, 0) is 34.2 Å². The fourth-order valence-electron chi connectivity index (χ4n) is 5.69. The first kappa shape index (κ1) is 25.0. The maximum Gasteiger partial charge on any atom is 0.339 e. The number of ether oxygens (including phenoxy) is 2. The van der Waals surface area contributed by atoms with E-state index < -0.39 is 28.8 Å². The van der Waals surface area contributed by atoms with E-state index in [1.54, 1.807) is 41.3 Å². The number of para-hydroxylation sites is 1. The van der Waals surface area contributed by atoms with Crippen LogP contribution in [0.2, 0.25) is 0 Å². The number of carbonyl (C=O) groups is 4. The quantitative estimate of drug-likeness (QED) is 0.551. The molecule has 2 aliphatic heterocycles. The lowest BCUT2D eigenvalue weighted by Gasteiger charge is -2.50. The second kappa shape index (κ2) is 8.69. The second-order valence-corrected chi connectivity index (χ2v) is 10.9. The van der Waals surface area contributed by atoms with Crippen LogP contribution in [0.5, 0.6) is 0 Å². The number of anilines is 2. The van der Waals surface area contributed by atoms with Crippen molar-refractivity contribution in [3.8, 4) is 0 Å². The number of allylic oxidation sites excluding steroid dienone is 1. The maximum absolute atomic E-state index is 14.2. The number of hydrogen-bond acceptors (Lipinski definition) is 7. The zero-order chi connectivity index (χ0) is 26.7. The van der Waals surface area contributed by atoms with E-state index in [9.17, 15) is 19.2 Å². The highest BCUT2D eigenvalue weighted by molar-refractivity contribution is 9.10. The zero-order valence-electron chi connectivity index (χ0n) is 20.8. The molecule has 0 saturated carbocycles. The molecule has 1 aliphatic carbocycles. The minimum Gasteiger partial charge on any atom is -0.466 e. The minimum atomic E-state index is -1.83. The number of rotatable bonds is 3. The van der Waals surface area contributed by atoms with Gasteiger partial charge in [-0.3, -0.25) is 9.59 Å². The lowest BCUT2D eigenvalue weighted by molar-refractivity contribution is -0.141. The number of ketones is 1. The van der Waals surface area contributed by atoms with E-state index >= 15 is 0 Å². The van der Waals surface area contributed by atoms with Crippen LogP contribution in [0, 0.1) is 5.41 Å². The van der Waals surface area contributed by atoms with Gasteiger partial charge in [0, 0.05) is 33.5 Å². The number of hydrogen-bond donors (Lipinski definition) is 1. The summed E-state index contributed by atoms with van der Waals surface area (Å²) in [7, 11) is 2.36. The van der Waals surface area contributed by atoms with Gasteiger partial charge in [0.2, 0.25) is 0 Å². The number of nitrogens with one attached hydrogen (secondary N) is 1. The predicted molar refractivity (Wildman–Crippen MR) is 139 cm³/mol. The van der Waals surface area contributed by atoms with Gasteiger partial charge in [-0.1, -0.05) is 48.0 Å². The van der Waals surface area contributed by atoms with Crippen molar-refractivity contribution in [1.82, 2.24) is 0 Å². The predicted octanol–water partition coefficient (Wildman–Crippen LogP) is 4.40. The number of halogens is 1. The zero-order valence-corrected chi connectivity index (χ0v) is 22.4. The van der Waals surface area contributed by atoms with Crippen molar-refractivity contribution < 1.29 is 28.7 Å². The number of methoxy groups -OCH3 is 2. The molecule has 37 heavy (non-hydrogen) atoms. The molecule has 2 aromatic carbocycles. The number of amides is 1. The molecule has 0 saturated heterocycles. The Morgan fingerprint density at radius 1 is 0.946 bits per heavy atom. The highest BCUT2D eigenvalue weighted by Gasteiger charge is 2.63. The molecule has 0 bridgehead atoms. The van der Waals surface area contributed by atoms with E-state index in [1.165, 1.54) is 14.2 Å². The van der Waals surface area contributed by atoms with Crippen LogP contribution in [0.3, 0.4) is 0 Å². The van der Waals surface area contributed by atoms with Crippen LogP contribution < -0.4 is 10.2 Å². The number of Topliss-reactive ketones (excluding diaryl/α,β-unsaturated/α-hetero) is 1. The van der Waals surface area contributed by atoms with E-state index in [-0.39, 0.29) is 28.9 Å². The summed E-state index contributed by atoms with van der Waals surface area (Å²) in [5.74, 6) is -2.64. The molecule has 2 heterocycles. The summed E-state index contributed by atoms with van der Waals surface area (Å²) in [5, 5.41) is 2.89. The average Bonchev–Trinajstić information content (AvgIpc) is 3.14. The third-order valence-corrected chi connectivity index (χ3v) is 7.61. The number of benzene rings is 2. The number of nitrogens with zero attached hydrogens (tertiary/aromatic N) is 1. The molecule has 9 heteroatoms. The normalized spacial score (nSPS) is 22.0. The van der Waals surface area contributed by atoms with Crippen LogP contribution in [-0.4, -0.2) is 37.8 Å². The Labute approximate surface area is 222 Å². The molecule has 1 amide bonds. The van der Waals surface area contributed by atoms with Crippen molar-refractivity contribution in [2.75, 3.05) is 24.4 Å². The smallest absolute Gasteiger partial charge is 0.339 e. The highest BCUT2D eigenvalue weighted by Crippen LogP contribution is 2.57.